The molecule has 0 atom stereocenters. The predicted octanol–water partition coefficient (Wildman–Crippen LogP) is 2.16. The van der Waals surface area contributed by atoms with Gasteiger partial charge in [0, 0.05) is 13.1 Å². The van der Waals surface area contributed by atoms with E-state index in [4.69, 9.17) is 4.74 Å². The Bertz CT molecular complexity index is 649. The van der Waals surface area contributed by atoms with Crippen LogP contribution in [0.1, 0.15) is 32.0 Å². The van der Waals surface area contributed by atoms with Crippen LogP contribution >= 0.6 is 0 Å². The molecule has 0 fully saturated rings. The monoisotopic (exact) mass is 332 g/mol. The van der Waals surface area contributed by atoms with Crippen LogP contribution in [0.4, 0.5) is 4.79 Å². The zero-order chi connectivity index (χ0) is 17.6. The van der Waals surface area contributed by atoms with Gasteiger partial charge in [0.2, 0.25) is 0 Å². The number of aromatic nitrogens is 3. The highest BCUT2D eigenvalue weighted by atomic mass is 16.6. The minimum Gasteiger partial charge on any atom is -0.445 e. The van der Waals surface area contributed by atoms with E-state index in [-0.39, 0.29) is 12.7 Å². The molecule has 0 radical (unpaired) electrons. The molecule has 0 saturated carbocycles. The molecule has 1 amide bonds. The van der Waals surface area contributed by atoms with Crippen LogP contribution in [-0.2, 0) is 23.5 Å². The van der Waals surface area contributed by atoms with Crippen molar-refractivity contribution in [1.29, 1.82) is 0 Å². The van der Waals surface area contributed by atoms with Gasteiger partial charge in [-0.2, -0.15) is 15.0 Å². The molecule has 24 heavy (non-hydrogen) atoms. The van der Waals surface area contributed by atoms with Crippen molar-refractivity contribution >= 4 is 6.09 Å². The standard InChI is InChI=1S/C17H24N4O3/c1-4-20(16(22)24-13-14-8-6-5-7-9-14)10-11-21-18-12-15(19-21)17(2,3)23/h5-9,12,23H,4,10-11,13H2,1-3H3. The van der Waals surface area contributed by atoms with E-state index in [0.29, 0.717) is 25.3 Å². The Labute approximate surface area is 141 Å². The maximum absolute atomic E-state index is 12.1. The summed E-state index contributed by atoms with van der Waals surface area (Å²) in [6, 6.07) is 9.56. The summed E-state index contributed by atoms with van der Waals surface area (Å²) in [4.78, 5) is 15.2. The number of benzene rings is 1. The molecule has 7 heteroatoms. The van der Waals surface area contributed by atoms with E-state index < -0.39 is 5.60 Å². The Morgan fingerprint density at radius 1 is 1.33 bits per heavy atom. The molecule has 7 nitrogen and oxygen atoms in total. The number of hydrogen-bond acceptors (Lipinski definition) is 5. The van der Waals surface area contributed by atoms with Crippen LogP contribution in [0.3, 0.4) is 0 Å². The van der Waals surface area contributed by atoms with Crippen LogP contribution in [0.2, 0.25) is 0 Å². The second kappa shape index (κ2) is 7.92. The van der Waals surface area contributed by atoms with E-state index in [1.54, 1.807) is 18.7 Å². The third-order valence-electron chi connectivity index (χ3n) is 3.58. The van der Waals surface area contributed by atoms with Crippen molar-refractivity contribution in [3.8, 4) is 0 Å². The first-order valence-corrected chi connectivity index (χ1v) is 7.98. The van der Waals surface area contributed by atoms with Gasteiger partial charge in [0.05, 0.1) is 12.7 Å². The number of hydrogen-bond donors (Lipinski definition) is 1. The molecule has 2 aromatic rings. The lowest BCUT2D eigenvalue weighted by Crippen LogP contribution is -2.34. The normalized spacial score (nSPS) is 11.3. The Kier molecular flexibility index (Phi) is 5.92. The average molecular weight is 332 g/mol. The molecule has 0 bridgehead atoms. The molecule has 1 heterocycles. The van der Waals surface area contributed by atoms with E-state index in [2.05, 4.69) is 10.2 Å². The third kappa shape index (κ3) is 5.06. The molecule has 0 aliphatic carbocycles. The summed E-state index contributed by atoms with van der Waals surface area (Å²) in [7, 11) is 0. The number of likely N-dealkylation sites (N-methyl/N-ethyl adjacent to an activating group) is 1. The van der Waals surface area contributed by atoms with E-state index >= 15 is 0 Å². The average Bonchev–Trinajstić information content (AvgIpc) is 3.04. The highest BCUT2D eigenvalue weighted by Crippen LogP contribution is 2.15. The summed E-state index contributed by atoms with van der Waals surface area (Å²) in [5, 5.41) is 18.2. The van der Waals surface area contributed by atoms with Crippen LogP contribution in [-0.4, -0.2) is 44.2 Å². The molecule has 1 aromatic heterocycles. The van der Waals surface area contributed by atoms with Crippen molar-refractivity contribution in [2.45, 2.75) is 39.5 Å². The molecular formula is C17H24N4O3. The largest absolute Gasteiger partial charge is 0.445 e. The number of carbonyl (C=O) groups excluding carboxylic acids is 1. The van der Waals surface area contributed by atoms with Gasteiger partial charge in [0.25, 0.3) is 0 Å². The van der Waals surface area contributed by atoms with Gasteiger partial charge in [-0.3, -0.25) is 0 Å². The quantitative estimate of drug-likeness (QED) is 0.840. The van der Waals surface area contributed by atoms with Crippen LogP contribution in [0.5, 0.6) is 0 Å². The first kappa shape index (κ1) is 17.9. The lowest BCUT2D eigenvalue weighted by atomic mass is 10.1. The van der Waals surface area contributed by atoms with E-state index in [1.807, 2.05) is 37.3 Å². The third-order valence-corrected chi connectivity index (χ3v) is 3.58. The fraction of sp³-hybridized carbons (Fsp3) is 0.471. The van der Waals surface area contributed by atoms with Gasteiger partial charge in [-0.15, -0.1) is 0 Å². The topological polar surface area (TPSA) is 80.5 Å². The summed E-state index contributed by atoms with van der Waals surface area (Å²) >= 11 is 0. The molecule has 0 unspecified atom stereocenters. The number of aliphatic hydroxyl groups is 1. The van der Waals surface area contributed by atoms with Crippen molar-refractivity contribution in [1.82, 2.24) is 19.9 Å². The Morgan fingerprint density at radius 2 is 2.04 bits per heavy atom. The molecule has 130 valence electrons. The highest BCUT2D eigenvalue weighted by Gasteiger charge is 2.20. The minimum absolute atomic E-state index is 0.249. The summed E-state index contributed by atoms with van der Waals surface area (Å²) in [6.45, 7) is 6.85. The first-order chi connectivity index (χ1) is 11.4. The molecule has 0 aliphatic heterocycles. The predicted molar refractivity (Wildman–Crippen MR) is 89.1 cm³/mol. The second-order valence-electron chi connectivity index (χ2n) is 6.00. The molecular weight excluding hydrogens is 308 g/mol. The van der Waals surface area contributed by atoms with Crippen LogP contribution in [0, 0.1) is 0 Å². The van der Waals surface area contributed by atoms with Crippen LogP contribution < -0.4 is 0 Å². The van der Waals surface area contributed by atoms with Gasteiger partial charge in [-0.05, 0) is 26.3 Å². The Hall–Kier alpha value is -2.41. The van der Waals surface area contributed by atoms with Crippen molar-refractivity contribution in [2.75, 3.05) is 13.1 Å². The highest BCUT2D eigenvalue weighted by molar-refractivity contribution is 5.67. The number of rotatable bonds is 7. The molecule has 1 aromatic carbocycles. The molecule has 0 aliphatic rings. The zero-order valence-electron chi connectivity index (χ0n) is 14.3. The number of nitrogens with zero attached hydrogens (tertiary/aromatic N) is 4. The Balaban J connectivity index is 1.85. The zero-order valence-corrected chi connectivity index (χ0v) is 14.3. The van der Waals surface area contributed by atoms with Crippen molar-refractivity contribution in [2.24, 2.45) is 0 Å². The summed E-state index contributed by atoms with van der Waals surface area (Å²) in [5.41, 5.74) is 0.416. The fourth-order valence-electron chi connectivity index (χ4n) is 2.08. The smallest absolute Gasteiger partial charge is 0.410 e. The molecule has 1 N–H and O–H groups in total. The van der Waals surface area contributed by atoms with Crippen molar-refractivity contribution in [3.05, 3.63) is 47.8 Å². The minimum atomic E-state index is -1.03. The van der Waals surface area contributed by atoms with Crippen LogP contribution in [0.15, 0.2) is 36.5 Å². The number of carbonyl (C=O) groups is 1. The molecule has 0 spiro atoms. The molecule has 0 saturated heterocycles. The van der Waals surface area contributed by atoms with Gasteiger partial charge in [0.1, 0.15) is 17.9 Å². The van der Waals surface area contributed by atoms with Gasteiger partial charge < -0.3 is 14.7 Å². The Morgan fingerprint density at radius 3 is 2.62 bits per heavy atom. The van der Waals surface area contributed by atoms with E-state index in [1.165, 1.54) is 11.0 Å². The lowest BCUT2D eigenvalue weighted by molar-refractivity contribution is 0.0726. The number of amides is 1. The first-order valence-electron chi connectivity index (χ1n) is 7.98. The van der Waals surface area contributed by atoms with E-state index in [9.17, 15) is 9.90 Å². The van der Waals surface area contributed by atoms with Gasteiger partial charge in [0.15, 0.2) is 0 Å². The van der Waals surface area contributed by atoms with Crippen molar-refractivity contribution < 1.29 is 14.6 Å². The fourth-order valence-corrected chi connectivity index (χ4v) is 2.08. The number of ether oxygens (including phenoxy) is 1. The van der Waals surface area contributed by atoms with Crippen molar-refractivity contribution in [3.63, 3.8) is 0 Å². The SMILES string of the molecule is CCN(CCn1ncc(C(C)(C)O)n1)C(=O)OCc1ccccc1. The summed E-state index contributed by atoms with van der Waals surface area (Å²) < 4.78 is 5.33. The molecule has 2 rings (SSSR count). The van der Waals surface area contributed by atoms with Gasteiger partial charge in [-0.1, -0.05) is 30.3 Å². The summed E-state index contributed by atoms with van der Waals surface area (Å²) in [5.74, 6) is 0. The van der Waals surface area contributed by atoms with Gasteiger partial charge >= 0.3 is 6.09 Å². The second-order valence-corrected chi connectivity index (χ2v) is 6.00. The maximum Gasteiger partial charge on any atom is 0.410 e. The van der Waals surface area contributed by atoms with Gasteiger partial charge in [-0.25, -0.2) is 4.79 Å². The van der Waals surface area contributed by atoms with Crippen LogP contribution in [0.25, 0.3) is 0 Å². The summed E-state index contributed by atoms with van der Waals surface area (Å²) in [6.07, 6.45) is 1.17. The van der Waals surface area contributed by atoms with E-state index in [0.717, 1.165) is 5.56 Å². The lowest BCUT2D eigenvalue weighted by Gasteiger charge is -2.20. The maximum atomic E-state index is 12.1.